The zero-order valence-corrected chi connectivity index (χ0v) is 22.3. The van der Waals surface area contributed by atoms with Crippen LogP contribution >= 0.6 is 13.5 Å². The summed E-state index contributed by atoms with van der Waals surface area (Å²) in [4.78, 5) is 18.9. The lowest BCUT2D eigenvalue weighted by molar-refractivity contribution is -0.147. The number of rotatable bonds is 7. The number of nitrogen functional groups attached to an aromatic ring is 1. The Hall–Kier alpha value is -3.23. The first-order valence-electron chi connectivity index (χ1n) is 11.8. The minimum absolute atomic E-state index is 0. The first-order valence-corrected chi connectivity index (χ1v) is 11.8. The van der Waals surface area contributed by atoms with Crippen molar-refractivity contribution in [3.63, 3.8) is 0 Å². The smallest absolute Gasteiger partial charge is 0.416 e. The first-order chi connectivity index (χ1) is 17.5. The summed E-state index contributed by atoms with van der Waals surface area (Å²) in [6.07, 6.45) is -4.53. The Balaban J connectivity index is 0.00000400. The van der Waals surface area contributed by atoms with Gasteiger partial charge in [0, 0.05) is 24.8 Å². The van der Waals surface area contributed by atoms with E-state index in [0.29, 0.717) is 37.8 Å². The predicted octanol–water partition coefficient (Wildman–Crippen LogP) is 3.36. The number of morpholine rings is 1. The average molecular weight is 556 g/mol. The maximum absolute atomic E-state index is 13.5. The van der Waals surface area contributed by atoms with Crippen LogP contribution in [-0.4, -0.2) is 52.9 Å². The highest BCUT2D eigenvalue weighted by atomic mass is 32.1. The standard InChI is InChI=1S/C24H30F3N7O3.H2S/c1-13(2)20(29)23(35)37-12-18-22(30-17-6-4-5-15(14(17)3)24(25,26)27)34-21(31-18)16(28)11-19(32-34)33-7-9-36-10-8-33;/h4-6,11,13,20,30H,7-10,12,28-29H2,1-3H3;1H2. The molecule has 5 N–H and O–H groups in total. The van der Waals surface area contributed by atoms with Gasteiger partial charge in [0.05, 0.1) is 24.5 Å². The number of fused-ring (bicyclic) bond motifs is 1. The van der Waals surface area contributed by atoms with E-state index < -0.39 is 23.8 Å². The van der Waals surface area contributed by atoms with E-state index in [4.69, 9.17) is 20.9 Å². The molecule has 1 atom stereocenters. The molecule has 1 aliphatic heterocycles. The molecule has 0 spiro atoms. The summed E-state index contributed by atoms with van der Waals surface area (Å²) in [6, 6.07) is 4.68. The molecule has 3 heterocycles. The number of hydrogen-bond acceptors (Lipinski definition) is 9. The second-order valence-electron chi connectivity index (χ2n) is 9.18. The summed E-state index contributed by atoms with van der Waals surface area (Å²) < 4.78 is 52.9. The number of hydrogen-bond donors (Lipinski definition) is 3. The van der Waals surface area contributed by atoms with Gasteiger partial charge in [-0.05, 0) is 30.5 Å². The first kappa shape index (κ1) is 29.3. The lowest BCUT2D eigenvalue weighted by Crippen LogP contribution is -2.37. The quantitative estimate of drug-likeness (QED) is 0.375. The van der Waals surface area contributed by atoms with Crippen molar-refractivity contribution in [2.45, 2.75) is 39.6 Å². The van der Waals surface area contributed by atoms with Gasteiger partial charge in [-0.25, -0.2) is 4.98 Å². The molecule has 3 aromatic rings. The SMILES string of the molecule is Cc1c(Nc2c(COC(=O)C(N)C(C)C)nc3c(N)cc(N4CCOCC4)nn23)cccc1C(F)(F)F.S. The van der Waals surface area contributed by atoms with E-state index in [9.17, 15) is 18.0 Å². The van der Waals surface area contributed by atoms with Gasteiger partial charge in [-0.15, -0.1) is 5.10 Å². The molecule has 38 heavy (non-hydrogen) atoms. The van der Waals surface area contributed by atoms with Crippen LogP contribution in [0.1, 0.15) is 30.7 Å². The molecule has 14 heteroatoms. The number of esters is 1. The topological polar surface area (TPSA) is 133 Å². The van der Waals surface area contributed by atoms with Gasteiger partial charge in [-0.2, -0.15) is 31.2 Å². The number of aromatic nitrogens is 3. The molecule has 0 aliphatic carbocycles. The van der Waals surface area contributed by atoms with Crippen LogP contribution in [0.15, 0.2) is 24.3 Å². The van der Waals surface area contributed by atoms with Crippen molar-refractivity contribution in [1.82, 2.24) is 14.6 Å². The molecule has 0 radical (unpaired) electrons. The molecule has 1 aliphatic rings. The second-order valence-corrected chi connectivity index (χ2v) is 9.18. The van der Waals surface area contributed by atoms with Crippen molar-refractivity contribution in [1.29, 1.82) is 0 Å². The molecule has 208 valence electrons. The molecule has 2 aromatic heterocycles. The molecule has 0 bridgehead atoms. The number of ether oxygens (including phenoxy) is 2. The maximum Gasteiger partial charge on any atom is 0.416 e. The van der Waals surface area contributed by atoms with Crippen LogP contribution in [0, 0.1) is 12.8 Å². The zero-order chi connectivity index (χ0) is 26.9. The summed E-state index contributed by atoms with van der Waals surface area (Å²) in [5.74, 6) is 0.0144. The van der Waals surface area contributed by atoms with Gasteiger partial charge >= 0.3 is 12.1 Å². The molecule has 0 amide bonds. The minimum Gasteiger partial charge on any atom is -0.458 e. The molecule has 1 unspecified atom stereocenters. The number of halogens is 3. The fraction of sp³-hybridized carbons (Fsp3) is 0.458. The van der Waals surface area contributed by atoms with Crippen LogP contribution in [-0.2, 0) is 27.1 Å². The van der Waals surface area contributed by atoms with Gasteiger partial charge in [0.2, 0.25) is 0 Å². The number of carbonyl (C=O) groups is 1. The van der Waals surface area contributed by atoms with Crippen molar-refractivity contribution >= 4 is 48.1 Å². The highest BCUT2D eigenvalue weighted by Crippen LogP contribution is 2.36. The van der Waals surface area contributed by atoms with E-state index in [0.717, 1.165) is 6.07 Å². The van der Waals surface area contributed by atoms with E-state index >= 15 is 0 Å². The Morgan fingerprint density at radius 3 is 2.58 bits per heavy atom. The van der Waals surface area contributed by atoms with Gasteiger partial charge in [-0.3, -0.25) is 4.79 Å². The number of anilines is 4. The zero-order valence-electron chi connectivity index (χ0n) is 21.3. The monoisotopic (exact) mass is 555 g/mol. The van der Waals surface area contributed by atoms with Crippen molar-refractivity contribution in [3.05, 3.63) is 41.1 Å². The summed E-state index contributed by atoms with van der Waals surface area (Å²) in [5.41, 5.74) is 12.4. The minimum atomic E-state index is -4.53. The van der Waals surface area contributed by atoms with Crippen molar-refractivity contribution in [2.75, 3.05) is 42.3 Å². The summed E-state index contributed by atoms with van der Waals surface area (Å²) in [5, 5.41) is 7.69. The Morgan fingerprint density at radius 2 is 1.95 bits per heavy atom. The summed E-state index contributed by atoms with van der Waals surface area (Å²) in [7, 11) is 0. The van der Waals surface area contributed by atoms with E-state index in [-0.39, 0.29) is 54.4 Å². The van der Waals surface area contributed by atoms with E-state index in [1.807, 2.05) is 4.90 Å². The molecule has 1 aromatic carbocycles. The Labute approximate surface area is 224 Å². The number of carbonyl (C=O) groups excluding carboxylic acids is 1. The maximum atomic E-state index is 13.5. The number of nitrogens with two attached hydrogens (primary N) is 2. The molecule has 1 saturated heterocycles. The van der Waals surface area contributed by atoms with E-state index in [1.54, 1.807) is 19.9 Å². The Morgan fingerprint density at radius 1 is 1.26 bits per heavy atom. The van der Waals surface area contributed by atoms with Crippen molar-refractivity contribution in [3.8, 4) is 0 Å². The summed E-state index contributed by atoms with van der Waals surface area (Å²) >= 11 is 0. The van der Waals surface area contributed by atoms with Crippen molar-refractivity contribution < 1.29 is 27.4 Å². The van der Waals surface area contributed by atoms with Crippen LogP contribution in [0.2, 0.25) is 0 Å². The largest absolute Gasteiger partial charge is 0.458 e. The van der Waals surface area contributed by atoms with Crippen LogP contribution in [0.4, 0.5) is 36.2 Å². The van der Waals surface area contributed by atoms with Gasteiger partial charge in [0.15, 0.2) is 17.3 Å². The second kappa shape index (κ2) is 11.7. The van der Waals surface area contributed by atoms with Gasteiger partial charge in [-0.1, -0.05) is 19.9 Å². The molecule has 4 rings (SSSR count). The fourth-order valence-electron chi connectivity index (χ4n) is 3.96. The molecule has 0 saturated carbocycles. The van der Waals surface area contributed by atoms with E-state index in [2.05, 4.69) is 15.4 Å². The van der Waals surface area contributed by atoms with E-state index in [1.165, 1.54) is 23.6 Å². The highest BCUT2D eigenvalue weighted by Gasteiger charge is 2.33. The normalized spacial score (nSPS) is 14.9. The van der Waals surface area contributed by atoms with Gasteiger partial charge < -0.3 is 31.2 Å². The van der Waals surface area contributed by atoms with Crippen LogP contribution in [0.5, 0.6) is 0 Å². The fourth-order valence-corrected chi connectivity index (χ4v) is 3.96. The van der Waals surface area contributed by atoms with Crippen molar-refractivity contribution in [2.24, 2.45) is 11.7 Å². The average Bonchev–Trinajstić information content (AvgIpc) is 3.20. The Bertz CT molecular complexity index is 1290. The summed E-state index contributed by atoms with van der Waals surface area (Å²) in [6.45, 7) is 6.91. The third kappa shape index (κ3) is 6.08. The van der Waals surface area contributed by atoms with Crippen LogP contribution in [0.3, 0.4) is 0 Å². The van der Waals surface area contributed by atoms with Gasteiger partial charge in [0.1, 0.15) is 18.3 Å². The third-order valence-corrected chi connectivity index (χ3v) is 6.24. The van der Waals surface area contributed by atoms with Crippen LogP contribution in [0.25, 0.3) is 5.65 Å². The van der Waals surface area contributed by atoms with Gasteiger partial charge in [0.25, 0.3) is 0 Å². The number of imidazole rings is 1. The lowest BCUT2D eigenvalue weighted by Gasteiger charge is -2.27. The number of alkyl halides is 3. The lowest BCUT2D eigenvalue weighted by atomic mass is 10.1. The Kier molecular flexibility index (Phi) is 9.00. The highest BCUT2D eigenvalue weighted by molar-refractivity contribution is 7.59. The number of nitrogens with zero attached hydrogens (tertiary/aromatic N) is 4. The third-order valence-electron chi connectivity index (χ3n) is 6.24. The molecule has 10 nitrogen and oxygen atoms in total. The molecular formula is C24H32F3N7O3S. The molecule has 1 fully saturated rings. The predicted molar refractivity (Wildman–Crippen MR) is 143 cm³/mol. The number of benzene rings is 1. The van der Waals surface area contributed by atoms with Crippen LogP contribution < -0.4 is 21.7 Å². The molecular weight excluding hydrogens is 523 g/mol. The number of nitrogens with one attached hydrogen (secondary N) is 1.